The number of amidine groups is 1. The first-order chi connectivity index (χ1) is 14.4. The van der Waals surface area contributed by atoms with E-state index in [1.54, 1.807) is 40.5 Å². The zero-order valence-electron chi connectivity index (χ0n) is 20.2. The van der Waals surface area contributed by atoms with Crippen LogP contribution in [-0.2, 0) is 9.59 Å². The highest BCUT2D eigenvalue weighted by Crippen LogP contribution is 2.24. The molecule has 8 nitrogen and oxygen atoms in total. The van der Waals surface area contributed by atoms with Crippen molar-refractivity contribution in [1.82, 2.24) is 0 Å². The third-order valence-corrected chi connectivity index (χ3v) is 5.21. The maximum atomic E-state index is 11.1. The lowest BCUT2D eigenvalue weighted by atomic mass is 10.1. The van der Waals surface area contributed by atoms with Crippen LogP contribution in [0.25, 0.3) is 0 Å². The SMILES string of the molecule is CCCCCCCCCCCC1=NC=C[N+]1(CC(=O)O)C(C)O.C[N+](C)(C)CC(=O)[O-]. The Morgan fingerprint density at radius 2 is 1.58 bits per heavy atom. The number of hydrogen-bond acceptors (Lipinski definition) is 5. The lowest BCUT2D eigenvalue weighted by Crippen LogP contribution is -2.55. The minimum absolute atomic E-state index is 0.0493. The van der Waals surface area contributed by atoms with E-state index in [2.05, 4.69) is 11.9 Å². The molecule has 0 spiro atoms. The van der Waals surface area contributed by atoms with Crippen LogP contribution in [0.4, 0.5) is 0 Å². The van der Waals surface area contributed by atoms with E-state index >= 15 is 0 Å². The Morgan fingerprint density at radius 1 is 1.06 bits per heavy atom. The summed E-state index contributed by atoms with van der Waals surface area (Å²) in [5.41, 5.74) is 0. The summed E-state index contributed by atoms with van der Waals surface area (Å²) in [6.45, 7) is 3.78. The largest absolute Gasteiger partial charge is 0.544 e. The number of aliphatic carboxylic acids is 2. The molecule has 1 heterocycles. The summed E-state index contributed by atoms with van der Waals surface area (Å²) in [5.74, 6) is -1.15. The Balaban J connectivity index is 0.000000954. The Morgan fingerprint density at radius 3 is 1.97 bits per heavy atom. The predicted molar refractivity (Wildman–Crippen MR) is 121 cm³/mol. The van der Waals surface area contributed by atoms with Crippen molar-refractivity contribution in [2.75, 3.05) is 34.2 Å². The first kappa shape index (κ1) is 29.2. The number of carbonyl (C=O) groups is 2. The quantitative estimate of drug-likeness (QED) is 0.299. The second-order valence-corrected chi connectivity index (χ2v) is 9.36. The van der Waals surface area contributed by atoms with Gasteiger partial charge in [0.2, 0.25) is 5.84 Å². The fraction of sp³-hybridized carbons (Fsp3) is 0.783. The molecular formula is C23H44N3O5+. The van der Waals surface area contributed by atoms with Crippen LogP contribution in [0.2, 0.25) is 0 Å². The second kappa shape index (κ2) is 15.1. The Labute approximate surface area is 188 Å². The molecule has 0 radical (unpaired) electrons. The number of aliphatic hydroxyl groups excluding tert-OH is 1. The fourth-order valence-corrected chi connectivity index (χ4v) is 3.53. The van der Waals surface area contributed by atoms with Crippen LogP contribution >= 0.6 is 0 Å². The molecule has 0 aliphatic carbocycles. The number of carboxylic acids is 2. The monoisotopic (exact) mass is 442 g/mol. The highest BCUT2D eigenvalue weighted by molar-refractivity contribution is 5.81. The zero-order chi connectivity index (χ0) is 23.9. The molecule has 0 fully saturated rings. The second-order valence-electron chi connectivity index (χ2n) is 9.36. The van der Waals surface area contributed by atoms with Crippen LogP contribution in [0.5, 0.6) is 0 Å². The maximum absolute atomic E-state index is 11.1. The first-order valence-corrected chi connectivity index (χ1v) is 11.5. The zero-order valence-corrected chi connectivity index (χ0v) is 20.2. The van der Waals surface area contributed by atoms with Gasteiger partial charge in [-0.1, -0.05) is 58.3 Å². The van der Waals surface area contributed by atoms with Gasteiger partial charge in [0, 0.05) is 13.3 Å². The van der Waals surface area contributed by atoms with Crippen LogP contribution in [0.3, 0.4) is 0 Å². The van der Waals surface area contributed by atoms with E-state index in [0.717, 1.165) is 25.1 Å². The van der Waals surface area contributed by atoms with E-state index in [1.807, 2.05) is 0 Å². The third-order valence-electron chi connectivity index (χ3n) is 5.21. The lowest BCUT2D eigenvalue weighted by Gasteiger charge is -2.33. The third kappa shape index (κ3) is 13.3. The van der Waals surface area contributed by atoms with Gasteiger partial charge < -0.3 is 24.6 Å². The summed E-state index contributed by atoms with van der Waals surface area (Å²) in [6.07, 6.45) is 14.6. The van der Waals surface area contributed by atoms with E-state index in [4.69, 9.17) is 5.11 Å². The summed E-state index contributed by atoms with van der Waals surface area (Å²) >= 11 is 0. The number of carbonyl (C=O) groups excluding carboxylic acids is 1. The highest BCUT2D eigenvalue weighted by Gasteiger charge is 2.41. The molecule has 180 valence electrons. The van der Waals surface area contributed by atoms with Gasteiger partial charge in [0.25, 0.3) is 0 Å². The molecule has 1 aliphatic rings. The smallest absolute Gasteiger partial charge is 0.360 e. The van der Waals surface area contributed by atoms with Crippen molar-refractivity contribution in [3.8, 4) is 0 Å². The standard InChI is InChI=1S/C18H32N2O3.C5H11NO2/c1-3-4-5-6-7-8-9-10-11-12-17-19-13-14-20(17,16(2)21)15-18(22)23;1-6(2,3)4-5(7)8/h13-14,16,21H,3-12,15H2,1-2H3;4H2,1-3H3/p+1. The molecule has 2 atom stereocenters. The van der Waals surface area contributed by atoms with Crippen LogP contribution in [-0.4, -0.2) is 77.4 Å². The van der Waals surface area contributed by atoms with Gasteiger partial charge in [-0.3, -0.25) is 0 Å². The van der Waals surface area contributed by atoms with Crippen molar-refractivity contribution >= 4 is 17.8 Å². The van der Waals surface area contributed by atoms with E-state index in [9.17, 15) is 19.8 Å². The van der Waals surface area contributed by atoms with Crippen LogP contribution < -0.4 is 5.11 Å². The van der Waals surface area contributed by atoms with Crippen molar-refractivity contribution in [3.05, 3.63) is 12.4 Å². The molecule has 1 aliphatic heterocycles. The van der Waals surface area contributed by atoms with Crippen molar-refractivity contribution in [3.63, 3.8) is 0 Å². The molecule has 0 aromatic carbocycles. The maximum Gasteiger partial charge on any atom is 0.360 e. The van der Waals surface area contributed by atoms with Crippen molar-refractivity contribution in [1.29, 1.82) is 0 Å². The van der Waals surface area contributed by atoms with E-state index in [-0.39, 0.29) is 17.6 Å². The van der Waals surface area contributed by atoms with Gasteiger partial charge in [-0.15, -0.1) is 0 Å². The first-order valence-electron chi connectivity index (χ1n) is 11.5. The van der Waals surface area contributed by atoms with E-state index in [0.29, 0.717) is 4.48 Å². The minimum atomic E-state index is -1.00. The molecule has 31 heavy (non-hydrogen) atoms. The summed E-state index contributed by atoms with van der Waals surface area (Å²) in [5, 5.41) is 29.1. The molecule has 0 saturated heterocycles. The van der Waals surface area contributed by atoms with Gasteiger partial charge in [0.1, 0.15) is 12.7 Å². The van der Waals surface area contributed by atoms with Crippen LogP contribution in [0.1, 0.15) is 78.1 Å². The molecule has 0 saturated carbocycles. The molecule has 8 heteroatoms. The molecule has 2 unspecified atom stereocenters. The number of rotatable bonds is 15. The summed E-state index contributed by atoms with van der Waals surface area (Å²) in [4.78, 5) is 25.3. The number of likely N-dealkylation sites (N-methyl/N-ethyl adjacent to an activating group) is 1. The Kier molecular flexibility index (Phi) is 14.2. The Bertz CT molecular complexity index is 597. The normalized spacial score (nSPS) is 18.8. The van der Waals surface area contributed by atoms with Crippen molar-refractivity contribution in [2.24, 2.45) is 4.99 Å². The predicted octanol–water partition coefficient (Wildman–Crippen LogP) is 2.47. The number of aliphatic hydroxyl groups is 1. The van der Waals surface area contributed by atoms with Gasteiger partial charge in [-0.2, -0.15) is 0 Å². The van der Waals surface area contributed by atoms with Gasteiger partial charge in [0.15, 0.2) is 12.8 Å². The number of aliphatic imine (C=N–C) groups is 1. The molecule has 1 rings (SSSR count). The molecular weight excluding hydrogens is 398 g/mol. The van der Waals surface area contributed by atoms with Gasteiger partial charge in [0.05, 0.1) is 33.3 Å². The average molecular weight is 443 g/mol. The van der Waals surface area contributed by atoms with Gasteiger partial charge >= 0.3 is 5.97 Å². The van der Waals surface area contributed by atoms with Crippen molar-refractivity contribution in [2.45, 2.75) is 84.3 Å². The van der Waals surface area contributed by atoms with Gasteiger partial charge in [-0.25, -0.2) is 14.3 Å². The molecule has 2 N–H and O–H groups in total. The summed E-state index contributed by atoms with van der Waals surface area (Å²) < 4.78 is 0.370. The summed E-state index contributed by atoms with van der Waals surface area (Å²) in [6, 6.07) is 0. The number of carboxylic acid groups (broad SMARTS) is 2. The van der Waals surface area contributed by atoms with Gasteiger partial charge in [-0.05, 0) is 6.42 Å². The molecule has 0 aromatic heterocycles. The number of hydrogen-bond donors (Lipinski definition) is 2. The van der Waals surface area contributed by atoms with E-state index in [1.165, 1.54) is 44.9 Å². The average Bonchev–Trinajstić information content (AvgIpc) is 3.02. The molecule has 0 amide bonds. The minimum Gasteiger partial charge on any atom is -0.544 e. The number of quaternary nitrogens is 2. The van der Waals surface area contributed by atoms with E-state index < -0.39 is 18.2 Å². The van der Waals surface area contributed by atoms with Crippen LogP contribution in [0, 0.1) is 0 Å². The fourth-order valence-electron chi connectivity index (χ4n) is 3.53. The number of unbranched alkanes of at least 4 members (excludes halogenated alkanes) is 8. The lowest BCUT2D eigenvalue weighted by molar-refractivity contribution is -0.864. The number of nitrogens with zero attached hydrogens (tertiary/aromatic N) is 3. The summed E-state index contributed by atoms with van der Waals surface area (Å²) in [7, 11) is 5.40. The topological polar surface area (TPSA) is 110 Å². The molecule has 0 aromatic rings. The van der Waals surface area contributed by atoms with Crippen molar-refractivity contribution < 1.29 is 33.9 Å². The van der Waals surface area contributed by atoms with Crippen LogP contribution in [0.15, 0.2) is 17.4 Å². The highest BCUT2D eigenvalue weighted by atomic mass is 16.4. The molecule has 0 bridgehead atoms. The Hall–Kier alpha value is -1.77.